The average Bonchev–Trinajstić information content (AvgIpc) is 2.77. The van der Waals surface area contributed by atoms with Gasteiger partial charge in [0.25, 0.3) is 10.0 Å². The lowest BCUT2D eigenvalue weighted by molar-refractivity contribution is -0.119. The summed E-state index contributed by atoms with van der Waals surface area (Å²) in [7, 11) is -3.97. The van der Waals surface area contributed by atoms with Crippen molar-refractivity contribution in [2.75, 3.05) is 17.4 Å². The second kappa shape index (κ2) is 9.78. The molecule has 3 rings (SSSR count). The molecule has 0 aromatic heterocycles. The Bertz CT molecular complexity index is 1090. The monoisotopic (exact) mass is 442 g/mol. The van der Waals surface area contributed by atoms with Crippen molar-refractivity contribution in [3.05, 3.63) is 95.5 Å². The Morgan fingerprint density at radius 3 is 2.13 bits per heavy atom. The van der Waals surface area contributed by atoms with Gasteiger partial charge in [0.1, 0.15) is 6.54 Å². The van der Waals surface area contributed by atoms with Crippen LogP contribution in [-0.4, -0.2) is 27.4 Å². The summed E-state index contributed by atoms with van der Waals surface area (Å²) < 4.78 is 27.6. The molecule has 0 saturated heterocycles. The summed E-state index contributed by atoms with van der Waals surface area (Å²) >= 11 is 6.27. The third-order valence-corrected chi connectivity index (χ3v) is 6.81. The van der Waals surface area contributed by atoms with Crippen LogP contribution < -0.4 is 9.62 Å². The van der Waals surface area contributed by atoms with E-state index in [0.717, 1.165) is 9.87 Å². The number of para-hydroxylation sites is 1. The number of nitrogens with one attached hydrogen (secondary N) is 1. The van der Waals surface area contributed by atoms with Crippen LogP contribution in [-0.2, 0) is 14.8 Å². The molecule has 30 heavy (non-hydrogen) atoms. The smallest absolute Gasteiger partial charge is 0.264 e. The summed E-state index contributed by atoms with van der Waals surface area (Å²) in [4.78, 5) is 12.8. The molecule has 0 aliphatic rings. The summed E-state index contributed by atoms with van der Waals surface area (Å²) in [5.41, 5.74) is 1.35. The van der Waals surface area contributed by atoms with Crippen LogP contribution in [0.15, 0.2) is 89.8 Å². The minimum Gasteiger partial charge on any atom is -0.354 e. The van der Waals surface area contributed by atoms with Gasteiger partial charge < -0.3 is 5.32 Å². The summed E-state index contributed by atoms with van der Waals surface area (Å²) in [6.45, 7) is 2.02. The summed E-state index contributed by atoms with van der Waals surface area (Å²) in [6.07, 6.45) is 0. The second-order valence-corrected chi connectivity index (χ2v) is 9.16. The molecule has 0 aliphatic heterocycles. The van der Waals surface area contributed by atoms with E-state index in [9.17, 15) is 13.2 Å². The van der Waals surface area contributed by atoms with Gasteiger partial charge in [0.05, 0.1) is 15.6 Å². The predicted octanol–water partition coefficient (Wildman–Crippen LogP) is 4.46. The molecule has 3 aromatic rings. The molecule has 0 radical (unpaired) electrons. The molecular weight excluding hydrogens is 420 g/mol. The number of amides is 1. The van der Waals surface area contributed by atoms with E-state index in [1.165, 1.54) is 12.1 Å². The number of benzene rings is 3. The Labute approximate surface area is 182 Å². The highest BCUT2D eigenvalue weighted by molar-refractivity contribution is 7.92. The average molecular weight is 443 g/mol. The minimum absolute atomic E-state index is 0.0923. The fourth-order valence-electron chi connectivity index (χ4n) is 3.03. The number of hydrogen-bond acceptors (Lipinski definition) is 3. The number of anilines is 1. The standard InChI is InChI=1S/C23H23ClN2O3S/c1-18(19-10-4-2-5-11-19)16-25-23(27)17-26(22-15-9-8-14-21(22)24)30(28,29)20-12-6-3-7-13-20/h2-15,18H,16-17H2,1H3,(H,25,27)/t18-/m0/s1. The van der Waals surface area contributed by atoms with Gasteiger partial charge in [-0.1, -0.05) is 79.2 Å². The first kappa shape index (κ1) is 21.9. The fourth-order valence-corrected chi connectivity index (χ4v) is 4.77. The van der Waals surface area contributed by atoms with Gasteiger partial charge in [0.2, 0.25) is 5.91 Å². The summed E-state index contributed by atoms with van der Waals surface area (Å²) in [6, 6.07) is 24.4. The highest BCUT2D eigenvalue weighted by Gasteiger charge is 2.28. The zero-order valence-electron chi connectivity index (χ0n) is 16.5. The van der Waals surface area contributed by atoms with E-state index in [-0.39, 0.29) is 28.1 Å². The molecule has 0 unspecified atom stereocenters. The topological polar surface area (TPSA) is 66.5 Å². The molecule has 0 heterocycles. The van der Waals surface area contributed by atoms with Gasteiger partial charge in [-0.15, -0.1) is 0 Å². The van der Waals surface area contributed by atoms with Crippen molar-refractivity contribution in [2.45, 2.75) is 17.7 Å². The molecular formula is C23H23ClN2O3S. The van der Waals surface area contributed by atoms with Gasteiger partial charge in [-0.2, -0.15) is 0 Å². The lowest BCUT2D eigenvalue weighted by atomic mass is 10.0. The normalized spacial score (nSPS) is 12.2. The molecule has 156 valence electrons. The van der Waals surface area contributed by atoms with Crippen molar-refractivity contribution in [2.24, 2.45) is 0 Å². The maximum absolute atomic E-state index is 13.3. The van der Waals surface area contributed by atoms with E-state index in [1.54, 1.807) is 42.5 Å². The number of carbonyl (C=O) groups is 1. The van der Waals surface area contributed by atoms with Gasteiger partial charge in [-0.05, 0) is 35.7 Å². The van der Waals surface area contributed by atoms with E-state index >= 15 is 0 Å². The van der Waals surface area contributed by atoms with Crippen LogP contribution in [0, 0.1) is 0 Å². The van der Waals surface area contributed by atoms with E-state index in [2.05, 4.69) is 5.32 Å². The van der Waals surface area contributed by atoms with E-state index in [1.807, 2.05) is 37.3 Å². The lowest BCUT2D eigenvalue weighted by Crippen LogP contribution is -2.41. The molecule has 3 aromatic carbocycles. The highest BCUT2D eigenvalue weighted by Crippen LogP contribution is 2.30. The number of nitrogens with zero attached hydrogens (tertiary/aromatic N) is 1. The van der Waals surface area contributed by atoms with Crippen LogP contribution in [0.4, 0.5) is 5.69 Å². The molecule has 1 atom stereocenters. The van der Waals surface area contributed by atoms with Crippen LogP contribution in [0.3, 0.4) is 0 Å². The van der Waals surface area contributed by atoms with Crippen molar-refractivity contribution < 1.29 is 13.2 Å². The number of halogens is 1. The van der Waals surface area contributed by atoms with Crippen molar-refractivity contribution in [3.8, 4) is 0 Å². The predicted molar refractivity (Wildman–Crippen MR) is 120 cm³/mol. The maximum Gasteiger partial charge on any atom is 0.264 e. The highest BCUT2D eigenvalue weighted by atomic mass is 35.5. The van der Waals surface area contributed by atoms with Crippen molar-refractivity contribution in [3.63, 3.8) is 0 Å². The van der Waals surface area contributed by atoms with E-state index < -0.39 is 15.9 Å². The number of hydrogen-bond donors (Lipinski definition) is 1. The summed E-state index contributed by atoms with van der Waals surface area (Å²) in [5, 5.41) is 3.09. The van der Waals surface area contributed by atoms with Crippen LogP contribution in [0.2, 0.25) is 5.02 Å². The number of rotatable bonds is 8. The third-order valence-electron chi connectivity index (χ3n) is 4.71. The van der Waals surface area contributed by atoms with Crippen LogP contribution >= 0.6 is 11.6 Å². The Morgan fingerprint density at radius 2 is 1.50 bits per heavy atom. The molecule has 1 N–H and O–H groups in total. The van der Waals surface area contributed by atoms with Gasteiger partial charge in [-0.25, -0.2) is 8.42 Å². The van der Waals surface area contributed by atoms with Gasteiger partial charge in [-0.3, -0.25) is 9.10 Å². The third kappa shape index (κ3) is 5.20. The largest absolute Gasteiger partial charge is 0.354 e. The quantitative estimate of drug-likeness (QED) is 0.560. The van der Waals surface area contributed by atoms with Gasteiger partial charge >= 0.3 is 0 Å². The van der Waals surface area contributed by atoms with Gasteiger partial charge in [0.15, 0.2) is 0 Å². The van der Waals surface area contributed by atoms with Gasteiger partial charge in [0, 0.05) is 6.54 Å². The minimum atomic E-state index is -3.97. The van der Waals surface area contributed by atoms with Crippen molar-refractivity contribution in [1.29, 1.82) is 0 Å². The molecule has 0 fully saturated rings. The molecule has 0 spiro atoms. The number of sulfonamides is 1. The van der Waals surface area contributed by atoms with Crippen LogP contribution in [0.25, 0.3) is 0 Å². The fraction of sp³-hybridized carbons (Fsp3) is 0.174. The zero-order valence-corrected chi connectivity index (χ0v) is 18.1. The molecule has 0 aliphatic carbocycles. The first-order valence-electron chi connectivity index (χ1n) is 9.53. The zero-order chi connectivity index (χ0) is 21.6. The summed E-state index contributed by atoms with van der Waals surface area (Å²) in [5.74, 6) is -0.313. The van der Waals surface area contributed by atoms with Crippen molar-refractivity contribution in [1.82, 2.24) is 5.32 Å². The Balaban J connectivity index is 1.81. The SMILES string of the molecule is C[C@@H](CNC(=O)CN(c1ccccc1Cl)S(=O)(=O)c1ccccc1)c1ccccc1. The molecule has 0 saturated carbocycles. The lowest BCUT2D eigenvalue weighted by Gasteiger charge is -2.25. The Morgan fingerprint density at radius 1 is 0.933 bits per heavy atom. The first-order chi connectivity index (χ1) is 14.4. The molecule has 5 nitrogen and oxygen atoms in total. The van der Waals surface area contributed by atoms with E-state index in [0.29, 0.717) is 6.54 Å². The van der Waals surface area contributed by atoms with Crippen molar-refractivity contribution >= 4 is 33.2 Å². The molecule has 7 heteroatoms. The number of carbonyl (C=O) groups excluding carboxylic acids is 1. The van der Waals surface area contributed by atoms with E-state index in [4.69, 9.17) is 11.6 Å². The Kier molecular flexibility index (Phi) is 7.13. The Hall–Kier alpha value is -2.83. The molecule has 0 bridgehead atoms. The van der Waals surface area contributed by atoms with Crippen LogP contribution in [0.5, 0.6) is 0 Å². The first-order valence-corrected chi connectivity index (χ1v) is 11.4. The molecule has 1 amide bonds. The second-order valence-electron chi connectivity index (χ2n) is 6.89. The maximum atomic E-state index is 13.3. The van der Waals surface area contributed by atoms with Crippen LogP contribution in [0.1, 0.15) is 18.4 Å².